The third-order valence-electron chi connectivity index (χ3n) is 3.40. The first-order valence-electron chi connectivity index (χ1n) is 6.41. The van der Waals surface area contributed by atoms with Crippen LogP contribution in [0.3, 0.4) is 0 Å². The van der Waals surface area contributed by atoms with E-state index in [-0.39, 0.29) is 0 Å². The van der Waals surface area contributed by atoms with Crippen molar-refractivity contribution in [3.8, 4) is 0 Å². The van der Waals surface area contributed by atoms with Gasteiger partial charge in [0.05, 0.1) is 11.4 Å². The Hall–Kier alpha value is -2.03. The molecular formula is C15H17N3. The van der Waals surface area contributed by atoms with Gasteiger partial charge in [0.25, 0.3) is 0 Å². The molecule has 2 aromatic rings. The van der Waals surface area contributed by atoms with E-state index in [0.717, 1.165) is 18.6 Å². The van der Waals surface area contributed by atoms with Gasteiger partial charge in [0.2, 0.25) is 0 Å². The van der Waals surface area contributed by atoms with Crippen LogP contribution in [-0.2, 0) is 6.42 Å². The summed E-state index contributed by atoms with van der Waals surface area (Å²) in [6, 6.07) is 8.48. The molecule has 18 heavy (non-hydrogen) atoms. The van der Waals surface area contributed by atoms with Gasteiger partial charge in [-0.3, -0.25) is 5.43 Å². The molecule has 3 nitrogen and oxygen atoms in total. The number of nitrogens with zero attached hydrogens (tertiary/aromatic N) is 1. The quantitative estimate of drug-likeness (QED) is 0.727. The molecular weight excluding hydrogens is 222 g/mol. The number of benzene rings is 1. The van der Waals surface area contributed by atoms with Gasteiger partial charge in [-0.1, -0.05) is 24.3 Å². The van der Waals surface area contributed by atoms with Crippen LogP contribution < -0.4 is 5.43 Å². The number of para-hydroxylation sites is 1. The summed E-state index contributed by atoms with van der Waals surface area (Å²) >= 11 is 0. The summed E-state index contributed by atoms with van der Waals surface area (Å²) in [5.41, 5.74) is 7.74. The van der Waals surface area contributed by atoms with Crippen molar-refractivity contribution in [2.75, 3.05) is 0 Å². The van der Waals surface area contributed by atoms with Crippen LogP contribution in [0.4, 0.5) is 0 Å². The van der Waals surface area contributed by atoms with Gasteiger partial charge in [-0.05, 0) is 37.8 Å². The Balaban J connectivity index is 2.17. The SMILES string of the molecule is C/C1=N\N/C=C/CCCc2c1[nH]c1ccccc21. The lowest BCUT2D eigenvalue weighted by atomic mass is 10.0. The molecule has 0 amide bonds. The minimum atomic E-state index is 1.01. The highest BCUT2D eigenvalue weighted by molar-refractivity contribution is 6.04. The van der Waals surface area contributed by atoms with E-state index in [1.165, 1.54) is 28.6 Å². The van der Waals surface area contributed by atoms with Gasteiger partial charge in [0, 0.05) is 17.1 Å². The van der Waals surface area contributed by atoms with E-state index in [4.69, 9.17) is 0 Å². The molecule has 0 atom stereocenters. The number of hydrazone groups is 1. The summed E-state index contributed by atoms with van der Waals surface area (Å²) in [7, 11) is 0. The van der Waals surface area contributed by atoms with Crippen molar-refractivity contribution in [1.29, 1.82) is 0 Å². The van der Waals surface area contributed by atoms with Gasteiger partial charge in [-0.25, -0.2) is 0 Å². The second-order valence-corrected chi connectivity index (χ2v) is 4.65. The minimum absolute atomic E-state index is 1.01. The van der Waals surface area contributed by atoms with Crippen molar-refractivity contribution in [2.45, 2.75) is 26.2 Å². The van der Waals surface area contributed by atoms with Crippen LogP contribution >= 0.6 is 0 Å². The fourth-order valence-electron chi connectivity index (χ4n) is 2.49. The number of fused-ring (bicyclic) bond motifs is 3. The zero-order valence-electron chi connectivity index (χ0n) is 10.5. The lowest BCUT2D eigenvalue weighted by Gasteiger charge is -2.06. The Bertz CT molecular complexity index is 620. The van der Waals surface area contributed by atoms with E-state index in [1.54, 1.807) is 0 Å². The maximum absolute atomic E-state index is 4.37. The third kappa shape index (κ3) is 1.92. The number of hydrogen-bond donors (Lipinski definition) is 2. The van der Waals surface area contributed by atoms with Crippen LogP contribution in [0.15, 0.2) is 41.6 Å². The number of H-pyrrole nitrogens is 1. The molecule has 1 aromatic carbocycles. The average molecular weight is 239 g/mol. The van der Waals surface area contributed by atoms with E-state index in [9.17, 15) is 0 Å². The summed E-state index contributed by atoms with van der Waals surface area (Å²) in [5, 5.41) is 5.70. The van der Waals surface area contributed by atoms with Crippen LogP contribution in [0.5, 0.6) is 0 Å². The number of aromatic nitrogens is 1. The summed E-state index contributed by atoms with van der Waals surface area (Å²) in [6.45, 7) is 2.04. The molecule has 0 aliphatic carbocycles. The van der Waals surface area contributed by atoms with Crippen molar-refractivity contribution in [3.05, 3.63) is 47.8 Å². The fourth-order valence-corrected chi connectivity index (χ4v) is 2.49. The number of nitrogens with one attached hydrogen (secondary N) is 2. The number of aryl methyl sites for hydroxylation is 1. The van der Waals surface area contributed by atoms with Crippen molar-refractivity contribution >= 4 is 16.6 Å². The second-order valence-electron chi connectivity index (χ2n) is 4.65. The molecule has 0 saturated heterocycles. The van der Waals surface area contributed by atoms with E-state index in [1.807, 2.05) is 13.1 Å². The highest BCUT2D eigenvalue weighted by atomic mass is 15.3. The molecule has 1 aliphatic heterocycles. The Morgan fingerprint density at radius 1 is 1.22 bits per heavy atom. The minimum Gasteiger partial charge on any atom is -0.353 e. The first-order chi connectivity index (χ1) is 8.86. The van der Waals surface area contributed by atoms with Crippen LogP contribution in [0.2, 0.25) is 0 Å². The van der Waals surface area contributed by atoms with Crippen molar-refractivity contribution < 1.29 is 0 Å². The topological polar surface area (TPSA) is 40.2 Å². The van der Waals surface area contributed by atoms with Crippen molar-refractivity contribution in [1.82, 2.24) is 10.4 Å². The average Bonchev–Trinajstić information content (AvgIpc) is 2.77. The van der Waals surface area contributed by atoms with Crippen molar-refractivity contribution in [2.24, 2.45) is 5.10 Å². The largest absolute Gasteiger partial charge is 0.353 e. The summed E-state index contributed by atoms with van der Waals surface area (Å²) in [6.07, 6.45) is 7.39. The van der Waals surface area contributed by atoms with Crippen LogP contribution in [0.25, 0.3) is 10.9 Å². The zero-order chi connectivity index (χ0) is 12.4. The van der Waals surface area contributed by atoms with Gasteiger partial charge in [-0.2, -0.15) is 5.10 Å². The molecule has 92 valence electrons. The smallest absolute Gasteiger partial charge is 0.0813 e. The first kappa shape index (κ1) is 11.1. The standard InChI is InChI=1S/C15H17N3/c1-11-15-13(8-3-2-6-10-16-18-11)12-7-4-5-9-14(12)17-15/h4-7,9-10,16-17H,2-3,8H2,1H3/b10-6+,18-11+. The molecule has 2 N–H and O–H groups in total. The summed E-state index contributed by atoms with van der Waals surface area (Å²) < 4.78 is 0. The second kappa shape index (κ2) is 4.69. The fraction of sp³-hybridized carbons (Fsp3) is 0.267. The highest BCUT2D eigenvalue weighted by Gasteiger charge is 2.13. The molecule has 0 saturated carbocycles. The number of aromatic amines is 1. The number of rotatable bonds is 0. The predicted octanol–water partition coefficient (Wildman–Crippen LogP) is 3.33. The lowest BCUT2D eigenvalue weighted by molar-refractivity contribution is 0.830. The molecule has 0 radical (unpaired) electrons. The van der Waals surface area contributed by atoms with Crippen LogP contribution in [0.1, 0.15) is 31.0 Å². The van der Waals surface area contributed by atoms with Gasteiger partial charge in [0.1, 0.15) is 0 Å². The maximum Gasteiger partial charge on any atom is 0.0813 e. The van der Waals surface area contributed by atoms with Gasteiger partial charge in [0.15, 0.2) is 0 Å². The summed E-state index contributed by atoms with van der Waals surface area (Å²) in [5.74, 6) is 0. The Morgan fingerprint density at radius 2 is 2.11 bits per heavy atom. The molecule has 0 unspecified atom stereocenters. The number of allylic oxidation sites excluding steroid dienone is 1. The Morgan fingerprint density at radius 3 is 3.06 bits per heavy atom. The normalized spacial score (nSPS) is 20.6. The molecule has 0 spiro atoms. The molecule has 1 aromatic heterocycles. The van der Waals surface area contributed by atoms with Gasteiger partial charge in [-0.15, -0.1) is 0 Å². The first-order valence-corrected chi connectivity index (χ1v) is 6.41. The van der Waals surface area contributed by atoms with Gasteiger partial charge < -0.3 is 4.98 Å². The Kier molecular flexibility index (Phi) is 2.89. The van der Waals surface area contributed by atoms with E-state index in [2.05, 4.69) is 45.9 Å². The predicted molar refractivity (Wildman–Crippen MR) is 75.7 cm³/mol. The zero-order valence-corrected chi connectivity index (χ0v) is 10.5. The lowest BCUT2D eigenvalue weighted by Crippen LogP contribution is -2.06. The van der Waals surface area contributed by atoms with E-state index < -0.39 is 0 Å². The van der Waals surface area contributed by atoms with Crippen LogP contribution in [0, 0.1) is 0 Å². The molecule has 3 rings (SSSR count). The molecule has 1 aliphatic rings. The van der Waals surface area contributed by atoms with Crippen LogP contribution in [-0.4, -0.2) is 10.7 Å². The van der Waals surface area contributed by atoms with Gasteiger partial charge >= 0.3 is 0 Å². The molecule has 0 bridgehead atoms. The van der Waals surface area contributed by atoms with Crippen molar-refractivity contribution in [3.63, 3.8) is 0 Å². The van der Waals surface area contributed by atoms with E-state index in [0.29, 0.717) is 0 Å². The maximum atomic E-state index is 4.37. The molecule has 2 heterocycles. The summed E-state index contributed by atoms with van der Waals surface area (Å²) in [4.78, 5) is 3.49. The highest BCUT2D eigenvalue weighted by Crippen LogP contribution is 2.25. The Labute approximate surface area is 107 Å². The third-order valence-corrected chi connectivity index (χ3v) is 3.40. The van der Waals surface area contributed by atoms with E-state index >= 15 is 0 Å². The number of hydrogen-bond acceptors (Lipinski definition) is 2. The molecule has 0 fully saturated rings. The monoisotopic (exact) mass is 239 g/mol. The molecule has 3 heteroatoms.